The number of hydrogen-bond donors (Lipinski definition) is 2. The molecule has 0 bridgehead atoms. The highest BCUT2D eigenvalue weighted by Gasteiger charge is 2.28. The third kappa shape index (κ3) is 5.78. The topological polar surface area (TPSA) is 91.1 Å². The number of nitrogen functional groups attached to an aromatic ring is 1. The summed E-state index contributed by atoms with van der Waals surface area (Å²) < 4.78 is 5.34. The molecule has 0 radical (unpaired) electrons. The van der Waals surface area contributed by atoms with Crippen LogP contribution in [0.3, 0.4) is 0 Å². The number of nitrogens with two attached hydrogens (primary N) is 1. The zero-order valence-corrected chi connectivity index (χ0v) is 18.6. The van der Waals surface area contributed by atoms with Crippen LogP contribution in [0.2, 0.25) is 0 Å². The Morgan fingerprint density at radius 2 is 1.70 bits per heavy atom. The van der Waals surface area contributed by atoms with Gasteiger partial charge in [-0.15, -0.1) is 0 Å². The van der Waals surface area contributed by atoms with Crippen LogP contribution in [0.15, 0.2) is 18.2 Å². The molecule has 8 nitrogen and oxygen atoms in total. The van der Waals surface area contributed by atoms with Crippen LogP contribution >= 0.6 is 0 Å². The molecule has 2 amide bonds. The lowest BCUT2D eigenvalue weighted by molar-refractivity contribution is -0.130. The summed E-state index contributed by atoms with van der Waals surface area (Å²) in [4.78, 5) is 30.4. The van der Waals surface area contributed by atoms with Crippen molar-refractivity contribution >= 4 is 29.1 Å². The van der Waals surface area contributed by atoms with E-state index in [0.29, 0.717) is 17.4 Å². The van der Waals surface area contributed by atoms with Gasteiger partial charge in [0.25, 0.3) is 0 Å². The number of nitrogens with one attached hydrogen (secondary N) is 1. The minimum atomic E-state index is -0.561. The van der Waals surface area contributed by atoms with Crippen molar-refractivity contribution in [1.82, 2.24) is 9.80 Å². The van der Waals surface area contributed by atoms with Crippen molar-refractivity contribution in [2.24, 2.45) is 0 Å². The third-order valence-electron chi connectivity index (χ3n) is 5.78. The Hall–Kier alpha value is -2.48. The van der Waals surface area contributed by atoms with Gasteiger partial charge in [0.1, 0.15) is 5.60 Å². The average Bonchev–Trinajstić information content (AvgIpc) is 2.68. The first-order valence-electron chi connectivity index (χ1n) is 10.8. The van der Waals surface area contributed by atoms with Gasteiger partial charge < -0.3 is 20.3 Å². The molecule has 2 heterocycles. The number of benzene rings is 1. The van der Waals surface area contributed by atoms with Gasteiger partial charge in [0.05, 0.1) is 11.4 Å². The molecule has 0 unspecified atom stereocenters. The average molecular weight is 418 g/mol. The van der Waals surface area contributed by atoms with Gasteiger partial charge in [0.15, 0.2) is 0 Å². The zero-order valence-electron chi connectivity index (χ0n) is 18.6. The second kappa shape index (κ2) is 9.12. The van der Waals surface area contributed by atoms with Gasteiger partial charge >= 0.3 is 6.09 Å². The van der Waals surface area contributed by atoms with Gasteiger partial charge in [-0.2, -0.15) is 0 Å². The van der Waals surface area contributed by atoms with Crippen LogP contribution in [0.1, 0.15) is 40.5 Å². The molecule has 0 spiro atoms. The van der Waals surface area contributed by atoms with Gasteiger partial charge in [-0.1, -0.05) is 0 Å². The quantitative estimate of drug-likeness (QED) is 0.735. The van der Waals surface area contributed by atoms with Gasteiger partial charge in [-0.25, -0.2) is 4.79 Å². The predicted octanol–water partition coefficient (Wildman–Crippen LogP) is 2.75. The number of carbonyl (C=O) groups excluding carboxylic acids is 2. The largest absolute Gasteiger partial charge is 0.444 e. The first kappa shape index (κ1) is 22.2. The van der Waals surface area contributed by atoms with E-state index in [4.69, 9.17) is 10.5 Å². The molecule has 2 aliphatic rings. The van der Waals surface area contributed by atoms with E-state index < -0.39 is 11.7 Å². The summed E-state index contributed by atoms with van der Waals surface area (Å²) in [5.74, 6) is 0.170. The van der Waals surface area contributed by atoms with Crippen LogP contribution < -0.4 is 16.0 Å². The SMILES string of the molecule is CC(=O)N1CCN(C2CCN(c3ccc(N)c(NC(=O)OC(C)(C)C)c3)CC2)CC1. The second-order valence-corrected chi connectivity index (χ2v) is 9.16. The molecule has 2 aliphatic heterocycles. The highest BCUT2D eigenvalue weighted by atomic mass is 16.6. The molecular weight excluding hydrogens is 382 g/mol. The number of nitrogens with zero attached hydrogens (tertiary/aromatic N) is 3. The summed E-state index contributed by atoms with van der Waals surface area (Å²) in [6.07, 6.45) is 1.66. The van der Waals surface area contributed by atoms with Crippen molar-refractivity contribution in [2.45, 2.75) is 52.2 Å². The van der Waals surface area contributed by atoms with Crippen LogP contribution in [0.25, 0.3) is 0 Å². The van der Waals surface area contributed by atoms with E-state index in [-0.39, 0.29) is 5.91 Å². The molecule has 2 saturated heterocycles. The van der Waals surface area contributed by atoms with E-state index in [0.717, 1.165) is 57.8 Å². The molecule has 0 aliphatic carbocycles. The molecule has 1 aromatic carbocycles. The molecule has 1 aromatic rings. The Bertz CT molecular complexity index is 761. The van der Waals surface area contributed by atoms with Crippen LogP contribution in [0, 0.1) is 0 Å². The molecule has 0 saturated carbocycles. The van der Waals surface area contributed by atoms with Crippen molar-refractivity contribution in [3.63, 3.8) is 0 Å². The smallest absolute Gasteiger partial charge is 0.412 e. The molecule has 0 atom stereocenters. The molecule has 30 heavy (non-hydrogen) atoms. The number of piperazine rings is 1. The third-order valence-corrected chi connectivity index (χ3v) is 5.78. The highest BCUT2D eigenvalue weighted by molar-refractivity contribution is 5.90. The highest BCUT2D eigenvalue weighted by Crippen LogP contribution is 2.29. The number of ether oxygens (including phenoxy) is 1. The van der Waals surface area contributed by atoms with Crippen molar-refractivity contribution < 1.29 is 14.3 Å². The second-order valence-electron chi connectivity index (χ2n) is 9.16. The number of amides is 2. The van der Waals surface area contributed by atoms with Crippen LogP contribution in [-0.2, 0) is 9.53 Å². The number of rotatable bonds is 3. The maximum atomic E-state index is 12.1. The number of anilines is 3. The molecular formula is C22H35N5O3. The maximum Gasteiger partial charge on any atom is 0.412 e. The van der Waals surface area contributed by atoms with Crippen molar-refractivity contribution in [1.29, 1.82) is 0 Å². The Balaban J connectivity index is 1.55. The Kier molecular flexibility index (Phi) is 6.75. The molecule has 0 aromatic heterocycles. The van der Waals surface area contributed by atoms with Crippen molar-refractivity contribution in [2.75, 3.05) is 55.2 Å². The molecule has 3 rings (SSSR count). The van der Waals surface area contributed by atoms with Crippen LogP contribution in [0.5, 0.6) is 0 Å². The fraction of sp³-hybridized carbons (Fsp3) is 0.636. The van der Waals surface area contributed by atoms with Crippen molar-refractivity contribution in [3.8, 4) is 0 Å². The lowest BCUT2D eigenvalue weighted by Crippen LogP contribution is -2.54. The fourth-order valence-corrected chi connectivity index (χ4v) is 4.15. The first-order valence-corrected chi connectivity index (χ1v) is 10.8. The Morgan fingerprint density at radius 3 is 2.27 bits per heavy atom. The summed E-state index contributed by atoms with van der Waals surface area (Å²) in [5, 5.41) is 2.77. The van der Waals surface area contributed by atoms with Gasteiger partial charge in [-0.05, 0) is 51.8 Å². The fourth-order valence-electron chi connectivity index (χ4n) is 4.15. The van der Waals surface area contributed by atoms with Crippen LogP contribution in [-0.4, -0.2) is 72.7 Å². The summed E-state index contributed by atoms with van der Waals surface area (Å²) in [7, 11) is 0. The minimum absolute atomic E-state index is 0.170. The van der Waals surface area contributed by atoms with Gasteiger partial charge in [-0.3, -0.25) is 15.0 Å². The summed E-state index contributed by atoms with van der Waals surface area (Å²) in [6, 6.07) is 6.31. The minimum Gasteiger partial charge on any atom is -0.444 e. The monoisotopic (exact) mass is 417 g/mol. The van der Waals surface area contributed by atoms with E-state index >= 15 is 0 Å². The first-order chi connectivity index (χ1) is 14.1. The normalized spacial score (nSPS) is 18.9. The predicted molar refractivity (Wildman–Crippen MR) is 120 cm³/mol. The standard InChI is InChI=1S/C22H35N5O3/c1-16(28)25-11-13-27(14-12-25)17-7-9-26(10-8-17)18-5-6-19(23)20(15-18)24-21(29)30-22(2,3)4/h5-6,15,17H,7-14,23H2,1-4H3,(H,24,29). The van der Waals surface area contributed by atoms with Gasteiger partial charge in [0.2, 0.25) is 5.91 Å². The summed E-state index contributed by atoms with van der Waals surface area (Å²) >= 11 is 0. The lowest BCUT2D eigenvalue weighted by Gasteiger charge is -2.43. The van der Waals surface area contributed by atoms with Gasteiger partial charge in [0, 0.05) is 57.9 Å². The van der Waals surface area contributed by atoms with E-state index in [1.54, 1.807) is 6.92 Å². The Morgan fingerprint density at radius 1 is 1.07 bits per heavy atom. The van der Waals surface area contributed by atoms with Crippen LogP contribution in [0.4, 0.5) is 21.9 Å². The lowest BCUT2D eigenvalue weighted by atomic mass is 10.0. The van der Waals surface area contributed by atoms with E-state index in [9.17, 15) is 9.59 Å². The zero-order chi connectivity index (χ0) is 21.9. The van der Waals surface area contributed by atoms with E-state index in [1.165, 1.54) is 0 Å². The Labute approximate surface area is 179 Å². The van der Waals surface area contributed by atoms with E-state index in [2.05, 4.69) is 15.1 Å². The van der Waals surface area contributed by atoms with E-state index in [1.807, 2.05) is 43.9 Å². The summed E-state index contributed by atoms with van der Waals surface area (Å²) in [5.41, 5.74) is 7.64. The number of carbonyl (C=O) groups is 2. The molecule has 3 N–H and O–H groups in total. The molecule has 2 fully saturated rings. The maximum absolute atomic E-state index is 12.1. The summed E-state index contributed by atoms with van der Waals surface area (Å²) in [6.45, 7) is 12.6. The molecule has 166 valence electrons. The number of piperidine rings is 1. The van der Waals surface area contributed by atoms with Crippen molar-refractivity contribution in [3.05, 3.63) is 18.2 Å². The molecule has 8 heteroatoms. The number of hydrogen-bond acceptors (Lipinski definition) is 6.